The summed E-state index contributed by atoms with van der Waals surface area (Å²) in [7, 11) is -5.90. The third-order valence-electron chi connectivity index (χ3n) is 6.08. The third kappa shape index (κ3) is 4.67. The van der Waals surface area contributed by atoms with Gasteiger partial charge in [-0.3, -0.25) is 9.69 Å². The zero-order valence-corrected chi connectivity index (χ0v) is 18.7. The van der Waals surface area contributed by atoms with Gasteiger partial charge in [0.15, 0.2) is 19.7 Å². The van der Waals surface area contributed by atoms with Gasteiger partial charge in [0.1, 0.15) is 0 Å². The summed E-state index contributed by atoms with van der Waals surface area (Å²) in [5.74, 6) is -0.722. The zero-order valence-electron chi connectivity index (χ0n) is 17.1. The van der Waals surface area contributed by atoms with Crippen molar-refractivity contribution in [2.24, 2.45) is 5.92 Å². The molecule has 0 saturated carbocycles. The van der Waals surface area contributed by atoms with Gasteiger partial charge in [0.2, 0.25) is 0 Å². The third-order valence-corrected chi connectivity index (χ3v) is 10.2. The van der Waals surface area contributed by atoms with Gasteiger partial charge in [0.25, 0.3) is 0 Å². The first-order valence-corrected chi connectivity index (χ1v) is 13.3. The van der Waals surface area contributed by atoms with Crippen molar-refractivity contribution in [1.82, 2.24) is 4.90 Å². The van der Waals surface area contributed by atoms with Crippen LogP contribution in [0.25, 0.3) is 0 Å². The van der Waals surface area contributed by atoms with Gasteiger partial charge in [-0.25, -0.2) is 16.8 Å². The molecule has 7 nitrogen and oxygen atoms in total. The Morgan fingerprint density at radius 2 is 1.69 bits per heavy atom. The molecule has 0 amide bonds. The molecule has 2 aliphatic rings. The Labute approximate surface area is 173 Å². The molecular formula is C20H29NO6S2. The van der Waals surface area contributed by atoms with Gasteiger partial charge in [-0.15, -0.1) is 0 Å². The summed E-state index contributed by atoms with van der Waals surface area (Å²) in [6, 6.07) is 6.15. The normalized spacial score (nSPS) is 25.9. The van der Waals surface area contributed by atoms with Crippen LogP contribution in [0.3, 0.4) is 0 Å². The van der Waals surface area contributed by atoms with Crippen LogP contribution in [0.15, 0.2) is 29.2 Å². The number of likely N-dealkylation sites (tertiary alicyclic amines) is 1. The minimum atomic E-state index is -3.80. The molecule has 0 aliphatic carbocycles. The van der Waals surface area contributed by atoms with Gasteiger partial charge in [-0.1, -0.05) is 26.0 Å². The van der Waals surface area contributed by atoms with Crippen molar-refractivity contribution in [3.05, 3.63) is 29.8 Å². The van der Waals surface area contributed by atoms with Gasteiger partial charge in [-0.2, -0.15) is 0 Å². The number of sulfone groups is 2. The second-order valence-corrected chi connectivity index (χ2v) is 12.6. The fourth-order valence-electron chi connectivity index (χ4n) is 4.28. The Hall–Kier alpha value is -1.45. The average molecular weight is 444 g/mol. The lowest BCUT2D eigenvalue weighted by molar-refractivity contribution is -0.147. The molecule has 162 valence electrons. The van der Waals surface area contributed by atoms with Gasteiger partial charge in [0, 0.05) is 6.04 Å². The fourth-order valence-corrected chi connectivity index (χ4v) is 9.11. The summed E-state index contributed by atoms with van der Waals surface area (Å²) in [5.41, 5.74) is 1.03. The minimum Gasteiger partial charge on any atom is -0.469 e. The van der Waals surface area contributed by atoms with E-state index in [0.29, 0.717) is 25.9 Å². The van der Waals surface area contributed by atoms with Crippen molar-refractivity contribution in [2.45, 2.75) is 48.8 Å². The lowest BCUT2D eigenvalue weighted by atomic mass is 9.95. The average Bonchev–Trinajstić information content (AvgIpc) is 3.04. The van der Waals surface area contributed by atoms with E-state index in [2.05, 4.69) is 0 Å². The number of methoxy groups -OCH3 is 1. The van der Waals surface area contributed by atoms with Crippen LogP contribution in [0, 0.1) is 5.92 Å². The molecule has 0 N–H and O–H groups in total. The van der Waals surface area contributed by atoms with E-state index in [1.165, 1.54) is 7.11 Å². The lowest BCUT2D eigenvalue weighted by Gasteiger charge is -2.36. The number of hydrogen-bond acceptors (Lipinski definition) is 7. The van der Waals surface area contributed by atoms with Crippen molar-refractivity contribution in [3.8, 4) is 0 Å². The van der Waals surface area contributed by atoms with Crippen LogP contribution in [-0.4, -0.2) is 70.7 Å². The highest BCUT2D eigenvalue weighted by Gasteiger charge is 2.49. The van der Waals surface area contributed by atoms with E-state index >= 15 is 0 Å². The van der Waals surface area contributed by atoms with Crippen LogP contribution in [0.2, 0.25) is 0 Å². The van der Waals surface area contributed by atoms with E-state index in [1.807, 2.05) is 18.7 Å². The van der Waals surface area contributed by atoms with Crippen molar-refractivity contribution >= 4 is 25.6 Å². The summed E-state index contributed by atoms with van der Waals surface area (Å²) in [4.78, 5) is 13.8. The molecule has 1 aromatic rings. The number of carbonyl (C=O) groups is 1. The number of nitrogens with zero attached hydrogens (tertiary/aromatic N) is 1. The van der Waals surface area contributed by atoms with E-state index < -0.39 is 31.0 Å². The Morgan fingerprint density at radius 3 is 2.21 bits per heavy atom. The Balaban J connectivity index is 1.83. The number of ether oxygens (including phenoxy) is 1. The number of esters is 1. The maximum atomic E-state index is 13.3. The van der Waals surface area contributed by atoms with Gasteiger partial charge in [-0.05, 0) is 49.5 Å². The summed E-state index contributed by atoms with van der Waals surface area (Å²) >= 11 is 0. The van der Waals surface area contributed by atoms with Crippen LogP contribution >= 0.6 is 0 Å². The summed E-state index contributed by atoms with van der Waals surface area (Å²) in [6.45, 7) is 5.03. The van der Waals surface area contributed by atoms with E-state index in [4.69, 9.17) is 4.74 Å². The lowest BCUT2D eigenvalue weighted by Crippen LogP contribution is -2.50. The fraction of sp³-hybridized carbons (Fsp3) is 0.650. The molecule has 0 aromatic heterocycles. The van der Waals surface area contributed by atoms with Crippen LogP contribution in [0.1, 0.15) is 38.2 Å². The topological polar surface area (TPSA) is 97.8 Å². The Bertz CT molecular complexity index is 945. The van der Waals surface area contributed by atoms with Crippen LogP contribution in [-0.2, 0) is 29.2 Å². The molecule has 0 spiro atoms. The molecule has 0 radical (unpaired) electrons. The van der Waals surface area contributed by atoms with E-state index in [9.17, 15) is 21.6 Å². The van der Waals surface area contributed by atoms with Gasteiger partial charge in [0.05, 0.1) is 34.7 Å². The largest absolute Gasteiger partial charge is 0.469 e. The second kappa shape index (κ2) is 8.35. The van der Waals surface area contributed by atoms with Crippen LogP contribution < -0.4 is 0 Å². The molecule has 0 bridgehead atoms. The van der Waals surface area contributed by atoms with Gasteiger partial charge >= 0.3 is 5.97 Å². The number of carbonyl (C=O) groups excluding carboxylic acids is 1. The molecule has 2 heterocycles. The monoisotopic (exact) mass is 443 g/mol. The minimum absolute atomic E-state index is 0.163. The number of piperidine rings is 1. The predicted octanol–water partition coefficient (Wildman–Crippen LogP) is 1.63. The Morgan fingerprint density at radius 1 is 1.10 bits per heavy atom. The van der Waals surface area contributed by atoms with Crippen LogP contribution in [0.5, 0.6) is 0 Å². The second-order valence-electron chi connectivity index (χ2n) is 8.28. The summed E-state index contributed by atoms with van der Waals surface area (Å²) in [6.07, 6.45) is 1.08. The van der Waals surface area contributed by atoms with Crippen molar-refractivity contribution in [1.29, 1.82) is 0 Å². The molecule has 9 heteroatoms. The van der Waals surface area contributed by atoms with Crippen molar-refractivity contribution < 1.29 is 26.4 Å². The van der Waals surface area contributed by atoms with Crippen molar-refractivity contribution in [2.75, 3.05) is 31.7 Å². The standard InChI is InChI=1S/C20H29NO6S2/c1-14(2)15-4-6-17(7-5-15)29(25,26)19-13-28(23,24)12-18(19)21-10-8-16(9-11-21)20(22)27-3/h4-7,14,16,18-19H,8-13H2,1-3H3/t18-,19-/m0/s1. The number of hydrogen-bond donors (Lipinski definition) is 0. The first kappa shape index (κ1) is 22.2. The first-order valence-electron chi connectivity index (χ1n) is 9.91. The molecule has 1 aromatic carbocycles. The quantitative estimate of drug-likeness (QED) is 0.638. The SMILES string of the molecule is COC(=O)C1CCN([C@H]2CS(=O)(=O)C[C@@H]2S(=O)(=O)c2ccc(C(C)C)cc2)CC1. The predicted molar refractivity (Wildman–Crippen MR) is 110 cm³/mol. The Kier molecular flexibility index (Phi) is 6.41. The van der Waals surface area contributed by atoms with Gasteiger partial charge < -0.3 is 4.74 Å². The highest BCUT2D eigenvalue weighted by Crippen LogP contribution is 2.32. The number of benzene rings is 1. The maximum Gasteiger partial charge on any atom is 0.308 e. The molecule has 2 atom stereocenters. The van der Waals surface area contributed by atoms with Crippen molar-refractivity contribution in [3.63, 3.8) is 0 Å². The maximum absolute atomic E-state index is 13.3. The highest BCUT2D eigenvalue weighted by atomic mass is 32.2. The molecule has 2 saturated heterocycles. The summed E-state index contributed by atoms with van der Waals surface area (Å²) < 4.78 is 56.2. The molecule has 2 fully saturated rings. The smallest absolute Gasteiger partial charge is 0.308 e. The van der Waals surface area contributed by atoms with E-state index in [1.54, 1.807) is 24.3 Å². The molecule has 2 aliphatic heterocycles. The van der Waals surface area contributed by atoms with Crippen LogP contribution in [0.4, 0.5) is 0 Å². The zero-order chi connectivity index (χ0) is 21.4. The summed E-state index contributed by atoms with van der Waals surface area (Å²) in [5, 5.41) is -0.993. The molecule has 3 rings (SSSR count). The van der Waals surface area contributed by atoms with E-state index in [0.717, 1.165) is 5.56 Å². The molecule has 0 unspecified atom stereocenters. The number of rotatable bonds is 5. The first-order chi connectivity index (χ1) is 13.5. The van der Waals surface area contributed by atoms with E-state index in [-0.39, 0.29) is 34.2 Å². The molecular weight excluding hydrogens is 414 g/mol. The highest BCUT2D eigenvalue weighted by molar-refractivity contribution is 7.96. The molecule has 29 heavy (non-hydrogen) atoms.